The van der Waals surface area contributed by atoms with E-state index in [1.165, 1.54) is 28.2 Å². The molecule has 2 nitrogen and oxygen atoms in total. The second kappa shape index (κ2) is 7.80. The average molecular weight is 259 g/mol. The summed E-state index contributed by atoms with van der Waals surface area (Å²) in [6.45, 7) is 12.3. The van der Waals surface area contributed by atoms with Crippen LogP contribution >= 0.6 is 0 Å². The average Bonchev–Trinajstić information content (AvgIpc) is 2.41. The minimum Gasteiger partial charge on any atom is -0.377 e. The van der Waals surface area contributed by atoms with Crippen LogP contribution in [0.1, 0.15) is 27.2 Å². The second-order valence-electron chi connectivity index (χ2n) is 5.12. The van der Waals surface area contributed by atoms with Gasteiger partial charge in [-0.05, 0) is 42.2 Å². The van der Waals surface area contributed by atoms with Crippen molar-refractivity contribution in [1.82, 2.24) is 4.90 Å². The summed E-state index contributed by atoms with van der Waals surface area (Å²) in [5.74, 6) is 0. The highest BCUT2D eigenvalue weighted by molar-refractivity contribution is 5.47. The van der Waals surface area contributed by atoms with E-state index >= 15 is 0 Å². The molecule has 0 fully saturated rings. The number of quaternary nitrogens is 1. The van der Waals surface area contributed by atoms with Gasteiger partial charge in [-0.15, -0.1) is 0 Å². The largest absolute Gasteiger partial charge is 0.377 e. The Kier molecular flexibility index (Phi) is 6.37. The van der Waals surface area contributed by atoms with Crippen molar-refractivity contribution in [1.29, 1.82) is 0 Å². The highest BCUT2D eigenvalue weighted by Gasteiger charge is 2.12. The molecular weight excluding hydrogens is 232 g/mol. The van der Waals surface area contributed by atoms with Crippen molar-refractivity contribution in [2.45, 2.75) is 27.2 Å². The van der Waals surface area contributed by atoms with Gasteiger partial charge in [0.05, 0.1) is 6.20 Å². The van der Waals surface area contributed by atoms with Crippen molar-refractivity contribution in [2.24, 2.45) is 0 Å². The Morgan fingerprint density at radius 2 is 1.89 bits per heavy atom. The van der Waals surface area contributed by atoms with Crippen molar-refractivity contribution >= 4 is 0 Å². The van der Waals surface area contributed by atoms with E-state index < -0.39 is 0 Å². The normalized spacial score (nSPS) is 21.3. The molecule has 1 N–H and O–H groups in total. The van der Waals surface area contributed by atoms with Gasteiger partial charge in [0.25, 0.3) is 0 Å². The van der Waals surface area contributed by atoms with Crippen LogP contribution in [0.25, 0.3) is 0 Å². The maximum Gasteiger partial charge on any atom is 0.105 e. The summed E-state index contributed by atoms with van der Waals surface area (Å²) < 4.78 is 0. The van der Waals surface area contributed by atoms with Crippen LogP contribution < -0.4 is 4.90 Å². The van der Waals surface area contributed by atoms with Crippen LogP contribution in [-0.4, -0.2) is 25.0 Å². The van der Waals surface area contributed by atoms with E-state index in [4.69, 9.17) is 0 Å². The molecular formula is C17H27N2+. The SMILES string of the molecule is C=C(C)[NH+]1C=CC(C2=CCN(C)C=C2)=CC1.CCC. The van der Waals surface area contributed by atoms with E-state index in [1.807, 2.05) is 0 Å². The molecule has 104 valence electrons. The molecule has 0 amide bonds. The number of nitrogens with one attached hydrogen (secondary N) is 1. The maximum absolute atomic E-state index is 3.97. The summed E-state index contributed by atoms with van der Waals surface area (Å²) in [5.41, 5.74) is 3.82. The van der Waals surface area contributed by atoms with Crippen LogP contribution in [-0.2, 0) is 0 Å². The Hall–Kier alpha value is -1.54. The van der Waals surface area contributed by atoms with Crippen molar-refractivity contribution in [2.75, 3.05) is 20.1 Å². The first-order valence-corrected chi connectivity index (χ1v) is 7.07. The number of nitrogens with zero attached hydrogens (tertiary/aromatic N) is 1. The second-order valence-corrected chi connectivity index (χ2v) is 5.12. The molecule has 1 unspecified atom stereocenters. The van der Waals surface area contributed by atoms with Gasteiger partial charge in [-0.2, -0.15) is 0 Å². The van der Waals surface area contributed by atoms with Crippen molar-refractivity contribution in [3.05, 3.63) is 60.1 Å². The molecule has 0 aromatic heterocycles. The fourth-order valence-corrected chi connectivity index (χ4v) is 1.87. The van der Waals surface area contributed by atoms with Crippen molar-refractivity contribution in [3.8, 4) is 0 Å². The lowest BCUT2D eigenvalue weighted by molar-refractivity contribution is -0.798. The van der Waals surface area contributed by atoms with Gasteiger partial charge in [-0.3, -0.25) is 4.90 Å². The Balaban J connectivity index is 0.000000550. The molecule has 2 heterocycles. The summed E-state index contributed by atoms with van der Waals surface area (Å²) >= 11 is 0. The van der Waals surface area contributed by atoms with Crippen LogP contribution in [0.2, 0.25) is 0 Å². The lowest BCUT2D eigenvalue weighted by atomic mass is 10.0. The summed E-state index contributed by atoms with van der Waals surface area (Å²) in [4.78, 5) is 3.50. The zero-order valence-corrected chi connectivity index (χ0v) is 12.7. The summed E-state index contributed by atoms with van der Waals surface area (Å²) in [5, 5.41) is 0. The first-order valence-electron chi connectivity index (χ1n) is 7.07. The molecule has 2 aliphatic rings. The molecule has 0 aromatic carbocycles. The standard InChI is InChI=1S/C14H18N2.C3H8/c1-12(2)16-10-6-14(7-11-16)13-4-8-15(3)9-5-13;1-3-2/h4-8,10H,1,9,11H2,2-3H3;3H2,1-2H3/p+1. The van der Waals surface area contributed by atoms with Crippen molar-refractivity contribution < 1.29 is 4.90 Å². The lowest BCUT2D eigenvalue weighted by Crippen LogP contribution is -3.05. The molecule has 0 aliphatic carbocycles. The molecule has 0 saturated carbocycles. The Morgan fingerprint density at radius 1 is 1.26 bits per heavy atom. The van der Waals surface area contributed by atoms with Gasteiger partial charge in [0.1, 0.15) is 12.2 Å². The number of hydrogen-bond acceptors (Lipinski definition) is 1. The smallest absolute Gasteiger partial charge is 0.105 e. The van der Waals surface area contributed by atoms with Gasteiger partial charge in [0.15, 0.2) is 0 Å². The van der Waals surface area contributed by atoms with Crippen LogP contribution in [0.15, 0.2) is 60.1 Å². The Morgan fingerprint density at radius 3 is 2.32 bits per heavy atom. The molecule has 0 aromatic rings. The highest BCUT2D eigenvalue weighted by atomic mass is 15.1. The van der Waals surface area contributed by atoms with Crippen molar-refractivity contribution in [3.63, 3.8) is 0 Å². The number of hydrogen-bond donors (Lipinski definition) is 1. The van der Waals surface area contributed by atoms with Gasteiger partial charge in [-0.25, -0.2) is 0 Å². The molecule has 0 radical (unpaired) electrons. The van der Waals surface area contributed by atoms with Gasteiger partial charge >= 0.3 is 0 Å². The van der Waals surface area contributed by atoms with Crippen LogP contribution in [0.5, 0.6) is 0 Å². The monoisotopic (exact) mass is 259 g/mol. The fourth-order valence-electron chi connectivity index (χ4n) is 1.87. The van der Waals surface area contributed by atoms with E-state index in [0.717, 1.165) is 13.1 Å². The lowest BCUT2D eigenvalue weighted by Gasteiger charge is -2.20. The third-order valence-corrected chi connectivity index (χ3v) is 3.00. The third-order valence-electron chi connectivity index (χ3n) is 3.00. The molecule has 0 saturated heterocycles. The first-order chi connectivity index (χ1) is 9.08. The van der Waals surface area contributed by atoms with E-state index in [0.29, 0.717) is 0 Å². The highest BCUT2D eigenvalue weighted by Crippen LogP contribution is 2.17. The number of allylic oxidation sites excluding steroid dienone is 5. The molecule has 0 spiro atoms. The van der Waals surface area contributed by atoms with Gasteiger partial charge < -0.3 is 4.90 Å². The molecule has 2 rings (SSSR count). The van der Waals surface area contributed by atoms with Gasteiger partial charge in [0, 0.05) is 20.5 Å². The van der Waals surface area contributed by atoms with E-state index in [9.17, 15) is 0 Å². The number of likely N-dealkylation sites (N-methyl/N-ethyl adjacent to an activating group) is 1. The topological polar surface area (TPSA) is 7.68 Å². The van der Waals surface area contributed by atoms with E-state index in [-0.39, 0.29) is 0 Å². The fraction of sp³-hybridized carbons (Fsp3) is 0.412. The minimum atomic E-state index is 0.994. The minimum absolute atomic E-state index is 0.994. The molecule has 0 bridgehead atoms. The van der Waals surface area contributed by atoms with Crippen LogP contribution in [0.4, 0.5) is 0 Å². The van der Waals surface area contributed by atoms with E-state index in [2.05, 4.69) is 76.0 Å². The third kappa shape index (κ3) is 4.92. The quantitative estimate of drug-likeness (QED) is 0.801. The van der Waals surface area contributed by atoms with E-state index in [1.54, 1.807) is 0 Å². The van der Waals surface area contributed by atoms with Gasteiger partial charge in [-0.1, -0.05) is 26.3 Å². The zero-order valence-electron chi connectivity index (χ0n) is 12.7. The molecule has 19 heavy (non-hydrogen) atoms. The predicted molar refractivity (Wildman–Crippen MR) is 83.7 cm³/mol. The molecule has 1 atom stereocenters. The van der Waals surface area contributed by atoms with Crippen LogP contribution in [0.3, 0.4) is 0 Å². The summed E-state index contributed by atoms with van der Waals surface area (Å²) in [6.07, 6.45) is 14.5. The first kappa shape index (κ1) is 15.5. The summed E-state index contributed by atoms with van der Waals surface area (Å²) in [6, 6.07) is 0. The zero-order chi connectivity index (χ0) is 14.3. The molecule has 2 heteroatoms. The van der Waals surface area contributed by atoms with Crippen LogP contribution in [0, 0.1) is 0 Å². The summed E-state index contributed by atoms with van der Waals surface area (Å²) in [7, 11) is 2.09. The predicted octanol–water partition coefficient (Wildman–Crippen LogP) is 2.66. The maximum atomic E-state index is 3.97. The molecule has 2 aliphatic heterocycles. The Labute approximate surface area is 118 Å². The number of rotatable bonds is 2. The van der Waals surface area contributed by atoms with Gasteiger partial charge in [0.2, 0.25) is 0 Å². The Bertz CT molecular complexity index is 425.